The standard InChI is InChI=1S/C21H25N5O/c1-17-23-9-11-26(17)21-15-22-14-20(24-21)18-6-5-10-25(16-18)12-13-27-19-7-3-2-4-8-19/h2-4,7-9,11,14-15,18H,5-6,10,12-13,16H2,1H3/t18-/m0/s1. The highest BCUT2D eigenvalue weighted by Crippen LogP contribution is 2.25. The Morgan fingerprint density at radius 1 is 1.19 bits per heavy atom. The van der Waals surface area contributed by atoms with Crippen molar-refractivity contribution >= 4 is 0 Å². The van der Waals surface area contributed by atoms with Gasteiger partial charge in [-0.3, -0.25) is 14.5 Å². The van der Waals surface area contributed by atoms with Crippen LogP contribution in [0.4, 0.5) is 0 Å². The molecule has 4 rings (SSSR count). The van der Waals surface area contributed by atoms with Gasteiger partial charge in [-0.2, -0.15) is 0 Å². The van der Waals surface area contributed by atoms with E-state index in [-0.39, 0.29) is 0 Å². The van der Waals surface area contributed by atoms with E-state index in [1.807, 2.05) is 54.2 Å². The van der Waals surface area contributed by atoms with Gasteiger partial charge in [-0.1, -0.05) is 18.2 Å². The third-order valence-electron chi connectivity index (χ3n) is 5.06. The van der Waals surface area contributed by atoms with Crippen LogP contribution < -0.4 is 4.74 Å². The van der Waals surface area contributed by atoms with Crippen LogP contribution >= 0.6 is 0 Å². The molecule has 2 aromatic heterocycles. The summed E-state index contributed by atoms with van der Waals surface area (Å²) in [6.07, 6.45) is 9.75. The highest BCUT2D eigenvalue weighted by atomic mass is 16.5. The fraction of sp³-hybridized carbons (Fsp3) is 0.381. The van der Waals surface area contributed by atoms with Crippen LogP contribution in [-0.2, 0) is 0 Å². The highest BCUT2D eigenvalue weighted by molar-refractivity contribution is 5.24. The zero-order valence-corrected chi connectivity index (χ0v) is 15.7. The van der Waals surface area contributed by atoms with Crippen LogP contribution in [0.15, 0.2) is 55.1 Å². The van der Waals surface area contributed by atoms with Crippen LogP contribution in [0.3, 0.4) is 0 Å². The smallest absolute Gasteiger partial charge is 0.156 e. The second-order valence-corrected chi connectivity index (χ2v) is 6.95. The van der Waals surface area contributed by atoms with Crippen molar-refractivity contribution in [3.05, 3.63) is 66.6 Å². The Morgan fingerprint density at radius 2 is 2.07 bits per heavy atom. The van der Waals surface area contributed by atoms with Crippen molar-refractivity contribution in [2.75, 3.05) is 26.2 Å². The van der Waals surface area contributed by atoms with E-state index in [1.165, 1.54) is 6.42 Å². The van der Waals surface area contributed by atoms with Gasteiger partial charge in [0.2, 0.25) is 0 Å². The summed E-state index contributed by atoms with van der Waals surface area (Å²) in [6.45, 7) is 5.72. The monoisotopic (exact) mass is 363 g/mol. The van der Waals surface area contributed by atoms with Gasteiger partial charge in [-0.25, -0.2) is 9.97 Å². The summed E-state index contributed by atoms with van der Waals surface area (Å²) in [5.74, 6) is 3.10. The van der Waals surface area contributed by atoms with Gasteiger partial charge >= 0.3 is 0 Å². The molecular weight excluding hydrogens is 338 g/mol. The van der Waals surface area contributed by atoms with Gasteiger partial charge in [-0.15, -0.1) is 0 Å². The van der Waals surface area contributed by atoms with Gasteiger partial charge in [0.05, 0.1) is 11.9 Å². The first-order valence-corrected chi connectivity index (χ1v) is 9.52. The van der Waals surface area contributed by atoms with E-state index >= 15 is 0 Å². The molecule has 1 aliphatic rings. The van der Waals surface area contributed by atoms with Crippen LogP contribution in [0.25, 0.3) is 5.82 Å². The molecule has 0 radical (unpaired) electrons. The molecule has 1 atom stereocenters. The molecule has 6 nitrogen and oxygen atoms in total. The molecule has 1 aromatic carbocycles. The zero-order chi connectivity index (χ0) is 18.5. The quantitative estimate of drug-likeness (QED) is 0.673. The first kappa shape index (κ1) is 17.7. The summed E-state index contributed by atoms with van der Waals surface area (Å²) in [5.41, 5.74) is 1.06. The van der Waals surface area contributed by atoms with Crippen LogP contribution in [-0.4, -0.2) is 50.7 Å². The van der Waals surface area contributed by atoms with E-state index in [4.69, 9.17) is 9.72 Å². The summed E-state index contributed by atoms with van der Waals surface area (Å²) in [5, 5.41) is 0. The van der Waals surface area contributed by atoms with Crippen LogP contribution in [0.1, 0.15) is 30.3 Å². The molecule has 6 heteroatoms. The lowest BCUT2D eigenvalue weighted by Gasteiger charge is -2.32. The molecule has 27 heavy (non-hydrogen) atoms. The first-order valence-electron chi connectivity index (χ1n) is 9.52. The molecule has 0 amide bonds. The number of aryl methyl sites for hydroxylation is 1. The first-order chi connectivity index (χ1) is 13.3. The lowest BCUT2D eigenvalue weighted by atomic mass is 9.95. The Balaban J connectivity index is 1.37. The number of para-hydroxylation sites is 1. The summed E-state index contributed by atoms with van der Waals surface area (Å²) in [6, 6.07) is 10.00. The molecule has 0 spiro atoms. The van der Waals surface area contributed by atoms with Gasteiger partial charge in [0.25, 0.3) is 0 Å². The Bertz CT molecular complexity index is 864. The Morgan fingerprint density at radius 3 is 2.89 bits per heavy atom. The van der Waals surface area contributed by atoms with Crippen molar-refractivity contribution in [3.63, 3.8) is 0 Å². The number of imidazole rings is 1. The number of piperidine rings is 1. The third kappa shape index (κ3) is 4.34. The van der Waals surface area contributed by atoms with Crippen LogP contribution in [0, 0.1) is 6.92 Å². The summed E-state index contributed by atoms with van der Waals surface area (Å²) in [7, 11) is 0. The molecule has 0 aliphatic carbocycles. The normalized spacial score (nSPS) is 17.7. The second kappa shape index (κ2) is 8.31. The van der Waals surface area contributed by atoms with Crippen molar-refractivity contribution in [1.82, 2.24) is 24.4 Å². The predicted octanol–water partition coefficient (Wildman–Crippen LogP) is 3.23. The second-order valence-electron chi connectivity index (χ2n) is 6.95. The van der Waals surface area contributed by atoms with Crippen molar-refractivity contribution in [2.24, 2.45) is 0 Å². The maximum atomic E-state index is 5.85. The fourth-order valence-corrected chi connectivity index (χ4v) is 3.61. The Kier molecular flexibility index (Phi) is 5.44. The lowest BCUT2D eigenvalue weighted by molar-refractivity contribution is 0.169. The molecule has 1 fully saturated rings. The number of aromatic nitrogens is 4. The number of likely N-dealkylation sites (tertiary alicyclic amines) is 1. The number of ether oxygens (including phenoxy) is 1. The minimum Gasteiger partial charge on any atom is -0.492 e. The fourth-order valence-electron chi connectivity index (χ4n) is 3.61. The number of benzene rings is 1. The van der Waals surface area contributed by atoms with Crippen molar-refractivity contribution in [2.45, 2.75) is 25.7 Å². The SMILES string of the molecule is Cc1nccn1-c1cncc([C@H]2CCCN(CCOc3ccccc3)C2)n1. The Labute approximate surface area is 159 Å². The van der Waals surface area contributed by atoms with Crippen LogP contribution in [0.2, 0.25) is 0 Å². The number of rotatable bonds is 6. The van der Waals surface area contributed by atoms with Gasteiger partial charge < -0.3 is 4.74 Å². The molecule has 0 unspecified atom stereocenters. The summed E-state index contributed by atoms with van der Waals surface area (Å²) < 4.78 is 7.83. The van der Waals surface area contributed by atoms with E-state index in [9.17, 15) is 0 Å². The molecule has 3 aromatic rings. The van der Waals surface area contributed by atoms with Gasteiger partial charge in [0.1, 0.15) is 18.2 Å². The van der Waals surface area contributed by atoms with Crippen molar-refractivity contribution in [3.8, 4) is 11.6 Å². The minimum absolute atomic E-state index is 0.409. The van der Waals surface area contributed by atoms with E-state index < -0.39 is 0 Å². The van der Waals surface area contributed by atoms with Crippen molar-refractivity contribution in [1.29, 1.82) is 0 Å². The minimum atomic E-state index is 0.409. The Hall–Kier alpha value is -2.73. The third-order valence-corrected chi connectivity index (χ3v) is 5.06. The molecular formula is C21H25N5O. The van der Waals surface area contributed by atoms with Gasteiger partial charge in [0, 0.05) is 37.6 Å². The molecule has 3 heterocycles. The van der Waals surface area contributed by atoms with E-state index in [0.29, 0.717) is 12.5 Å². The van der Waals surface area contributed by atoms with E-state index in [0.717, 1.165) is 49.1 Å². The average Bonchev–Trinajstić information content (AvgIpc) is 3.15. The predicted molar refractivity (Wildman–Crippen MR) is 104 cm³/mol. The van der Waals surface area contributed by atoms with E-state index in [2.05, 4.69) is 14.9 Å². The van der Waals surface area contributed by atoms with Gasteiger partial charge in [-0.05, 0) is 38.4 Å². The van der Waals surface area contributed by atoms with E-state index in [1.54, 1.807) is 12.4 Å². The molecule has 0 saturated carbocycles. The largest absolute Gasteiger partial charge is 0.492 e. The van der Waals surface area contributed by atoms with Crippen molar-refractivity contribution < 1.29 is 4.74 Å². The molecule has 1 aliphatic heterocycles. The molecule has 0 N–H and O–H groups in total. The highest BCUT2D eigenvalue weighted by Gasteiger charge is 2.23. The number of nitrogens with zero attached hydrogens (tertiary/aromatic N) is 5. The topological polar surface area (TPSA) is 56.1 Å². The van der Waals surface area contributed by atoms with Gasteiger partial charge in [0.15, 0.2) is 5.82 Å². The molecule has 0 bridgehead atoms. The zero-order valence-electron chi connectivity index (χ0n) is 15.7. The maximum Gasteiger partial charge on any atom is 0.156 e. The lowest BCUT2D eigenvalue weighted by Crippen LogP contribution is -2.37. The molecule has 140 valence electrons. The number of hydrogen-bond donors (Lipinski definition) is 0. The molecule has 1 saturated heterocycles. The summed E-state index contributed by atoms with van der Waals surface area (Å²) in [4.78, 5) is 16.0. The summed E-state index contributed by atoms with van der Waals surface area (Å²) >= 11 is 0. The maximum absolute atomic E-state index is 5.85. The number of hydrogen-bond acceptors (Lipinski definition) is 5. The van der Waals surface area contributed by atoms with Crippen LogP contribution in [0.5, 0.6) is 5.75 Å². The average molecular weight is 363 g/mol.